The first kappa shape index (κ1) is 15.4. The first-order chi connectivity index (χ1) is 10.3. The van der Waals surface area contributed by atoms with Crippen LogP contribution in [0.1, 0.15) is 62.6 Å². The molecule has 1 aliphatic carbocycles. The first-order valence-electron chi connectivity index (χ1n) is 8.72. The van der Waals surface area contributed by atoms with Crippen molar-refractivity contribution in [2.75, 3.05) is 13.1 Å². The van der Waals surface area contributed by atoms with E-state index in [4.69, 9.17) is 4.98 Å². The quantitative estimate of drug-likeness (QED) is 0.870. The van der Waals surface area contributed by atoms with Gasteiger partial charge in [0.05, 0.1) is 10.7 Å². The van der Waals surface area contributed by atoms with Crippen LogP contribution < -0.4 is 5.32 Å². The van der Waals surface area contributed by atoms with Crippen molar-refractivity contribution in [1.29, 1.82) is 0 Å². The van der Waals surface area contributed by atoms with Crippen LogP contribution in [0.2, 0.25) is 0 Å². The molecule has 1 aliphatic heterocycles. The minimum Gasteiger partial charge on any atom is -0.308 e. The third-order valence-corrected chi connectivity index (χ3v) is 6.04. The van der Waals surface area contributed by atoms with E-state index >= 15 is 0 Å². The highest BCUT2D eigenvalue weighted by Crippen LogP contribution is 2.20. The van der Waals surface area contributed by atoms with Gasteiger partial charge in [-0.1, -0.05) is 19.3 Å². The molecule has 2 fully saturated rings. The molecule has 1 unspecified atom stereocenters. The molecule has 0 spiro atoms. The SMILES string of the molecule is CC1CCCCN1CCc1nc(CNC2CCCC2)cs1. The summed E-state index contributed by atoms with van der Waals surface area (Å²) >= 11 is 1.84. The molecule has 3 nitrogen and oxygen atoms in total. The Morgan fingerprint density at radius 1 is 1.24 bits per heavy atom. The van der Waals surface area contributed by atoms with E-state index in [0.717, 1.165) is 25.0 Å². The Morgan fingerprint density at radius 2 is 2.05 bits per heavy atom. The molecule has 21 heavy (non-hydrogen) atoms. The van der Waals surface area contributed by atoms with E-state index in [1.807, 2.05) is 11.3 Å². The average molecular weight is 308 g/mol. The second-order valence-electron chi connectivity index (χ2n) is 6.73. The summed E-state index contributed by atoms with van der Waals surface area (Å²) in [6.07, 6.45) is 10.8. The van der Waals surface area contributed by atoms with Crippen molar-refractivity contribution < 1.29 is 0 Å². The van der Waals surface area contributed by atoms with E-state index in [9.17, 15) is 0 Å². The summed E-state index contributed by atoms with van der Waals surface area (Å²) in [4.78, 5) is 7.45. The predicted octanol–water partition coefficient (Wildman–Crippen LogP) is 3.59. The van der Waals surface area contributed by atoms with Crippen LogP contribution >= 0.6 is 11.3 Å². The van der Waals surface area contributed by atoms with Gasteiger partial charge < -0.3 is 10.2 Å². The standard InChI is InChI=1S/C17H29N3S/c1-14-6-4-5-10-20(14)11-9-17-19-16(13-21-17)12-18-15-7-2-3-8-15/h13-15,18H,2-12H2,1H3. The van der Waals surface area contributed by atoms with E-state index in [1.54, 1.807) is 0 Å². The number of aromatic nitrogens is 1. The molecule has 1 aromatic heterocycles. The first-order valence-corrected chi connectivity index (χ1v) is 9.60. The van der Waals surface area contributed by atoms with Crippen molar-refractivity contribution >= 4 is 11.3 Å². The highest BCUT2D eigenvalue weighted by molar-refractivity contribution is 7.09. The van der Waals surface area contributed by atoms with Crippen LogP contribution in [-0.2, 0) is 13.0 Å². The van der Waals surface area contributed by atoms with E-state index in [2.05, 4.69) is 22.5 Å². The zero-order valence-electron chi connectivity index (χ0n) is 13.3. The normalized spacial score (nSPS) is 24.7. The van der Waals surface area contributed by atoms with Gasteiger partial charge in [-0.25, -0.2) is 4.98 Å². The van der Waals surface area contributed by atoms with Gasteiger partial charge in [0.1, 0.15) is 0 Å². The summed E-state index contributed by atoms with van der Waals surface area (Å²) < 4.78 is 0. The molecule has 1 saturated carbocycles. The molecule has 3 rings (SSSR count). The third kappa shape index (κ3) is 4.51. The second kappa shape index (κ2) is 7.70. The summed E-state index contributed by atoms with van der Waals surface area (Å²) in [5, 5.41) is 7.22. The van der Waals surface area contributed by atoms with Crippen LogP contribution in [0.3, 0.4) is 0 Å². The molecule has 0 radical (unpaired) electrons. The maximum atomic E-state index is 4.81. The topological polar surface area (TPSA) is 28.2 Å². The van der Waals surface area contributed by atoms with Gasteiger partial charge >= 0.3 is 0 Å². The highest BCUT2D eigenvalue weighted by Gasteiger charge is 2.18. The van der Waals surface area contributed by atoms with Gasteiger partial charge in [0.2, 0.25) is 0 Å². The van der Waals surface area contributed by atoms with Gasteiger partial charge in [0, 0.05) is 37.0 Å². The van der Waals surface area contributed by atoms with Gasteiger partial charge in [-0.15, -0.1) is 11.3 Å². The fourth-order valence-corrected chi connectivity index (χ4v) is 4.44. The molecule has 1 N–H and O–H groups in total. The second-order valence-corrected chi connectivity index (χ2v) is 7.67. The molecular formula is C17H29N3S. The Hall–Kier alpha value is -0.450. The average Bonchev–Trinajstić information content (AvgIpc) is 3.16. The molecule has 2 heterocycles. The van der Waals surface area contributed by atoms with Gasteiger partial charge in [0.25, 0.3) is 0 Å². The van der Waals surface area contributed by atoms with Gasteiger partial charge in [-0.05, 0) is 39.2 Å². The molecule has 2 aliphatic rings. The fourth-order valence-electron chi connectivity index (χ4n) is 3.65. The highest BCUT2D eigenvalue weighted by atomic mass is 32.1. The summed E-state index contributed by atoms with van der Waals surface area (Å²) in [6, 6.07) is 1.51. The Labute approximate surface area is 133 Å². The number of hydrogen-bond acceptors (Lipinski definition) is 4. The van der Waals surface area contributed by atoms with E-state index in [1.165, 1.54) is 68.7 Å². The molecule has 0 amide bonds. The van der Waals surface area contributed by atoms with Crippen LogP contribution in [0.4, 0.5) is 0 Å². The zero-order valence-corrected chi connectivity index (χ0v) is 14.1. The number of thiazole rings is 1. The number of likely N-dealkylation sites (tertiary alicyclic amines) is 1. The predicted molar refractivity (Wildman–Crippen MR) is 89.8 cm³/mol. The lowest BCUT2D eigenvalue weighted by Crippen LogP contribution is -2.38. The minimum absolute atomic E-state index is 0.740. The smallest absolute Gasteiger partial charge is 0.0941 e. The number of piperidine rings is 1. The van der Waals surface area contributed by atoms with E-state index in [-0.39, 0.29) is 0 Å². The number of rotatable bonds is 6. The van der Waals surface area contributed by atoms with Crippen LogP contribution in [0.15, 0.2) is 5.38 Å². The van der Waals surface area contributed by atoms with Gasteiger partial charge in [-0.2, -0.15) is 0 Å². The monoisotopic (exact) mass is 307 g/mol. The summed E-state index contributed by atoms with van der Waals surface area (Å²) in [5.41, 5.74) is 1.24. The van der Waals surface area contributed by atoms with Crippen LogP contribution in [-0.4, -0.2) is 35.1 Å². The molecule has 118 valence electrons. The summed E-state index contributed by atoms with van der Waals surface area (Å²) in [5.74, 6) is 0. The molecule has 4 heteroatoms. The third-order valence-electron chi connectivity index (χ3n) is 5.08. The number of nitrogens with one attached hydrogen (secondary N) is 1. The lowest BCUT2D eigenvalue weighted by molar-refractivity contribution is 0.163. The van der Waals surface area contributed by atoms with Crippen molar-refractivity contribution in [3.8, 4) is 0 Å². The summed E-state index contributed by atoms with van der Waals surface area (Å²) in [7, 11) is 0. The van der Waals surface area contributed by atoms with Crippen molar-refractivity contribution in [1.82, 2.24) is 15.2 Å². The fraction of sp³-hybridized carbons (Fsp3) is 0.824. The molecular weight excluding hydrogens is 278 g/mol. The van der Waals surface area contributed by atoms with Crippen molar-refractivity contribution in [3.63, 3.8) is 0 Å². The molecule has 1 saturated heterocycles. The molecule has 0 bridgehead atoms. The van der Waals surface area contributed by atoms with Crippen molar-refractivity contribution in [3.05, 3.63) is 16.1 Å². The molecule has 0 aromatic carbocycles. The van der Waals surface area contributed by atoms with Crippen molar-refractivity contribution in [2.24, 2.45) is 0 Å². The minimum atomic E-state index is 0.740. The molecule has 1 aromatic rings. The van der Waals surface area contributed by atoms with Crippen LogP contribution in [0, 0.1) is 0 Å². The Balaban J connectivity index is 1.41. The maximum absolute atomic E-state index is 4.81. The lowest BCUT2D eigenvalue weighted by Gasteiger charge is -2.33. The zero-order chi connectivity index (χ0) is 14.5. The Kier molecular flexibility index (Phi) is 5.67. The lowest BCUT2D eigenvalue weighted by atomic mass is 10.0. The van der Waals surface area contributed by atoms with Crippen molar-refractivity contribution in [2.45, 2.75) is 76.9 Å². The summed E-state index contributed by atoms with van der Waals surface area (Å²) in [6.45, 7) is 5.80. The maximum Gasteiger partial charge on any atom is 0.0941 e. The van der Waals surface area contributed by atoms with Gasteiger partial charge in [0.15, 0.2) is 0 Å². The van der Waals surface area contributed by atoms with Crippen LogP contribution in [0.25, 0.3) is 0 Å². The van der Waals surface area contributed by atoms with E-state index < -0.39 is 0 Å². The largest absolute Gasteiger partial charge is 0.308 e. The number of hydrogen-bond donors (Lipinski definition) is 1. The Bertz CT molecular complexity index is 425. The van der Waals surface area contributed by atoms with Gasteiger partial charge in [-0.3, -0.25) is 0 Å². The van der Waals surface area contributed by atoms with E-state index in [0.29, 0.717) is 0 Å². The number of nitrogens with zero attached hydrogens (tertiary/aromatic N) is 2. The van der Waals surface area contributed by atoms with Crippen LogP contribution in [0.5, 0.6) is 0 Å². The molecule has 1 atom stereocenters. The Morgan fingerprint density at radius 3 is 2.86 bits per heavy atom.